The van der Waals surface area contributed by atoms with Crippen LogP contribution in [0, 0.1) is 25.7 Å². The number of allylic oxidation sites excluding steroid dienone is 2. The van der Waals surface area contributed by atoms with Crippen LogP contribution in [0.3, 0.4) is 0 Å². The Morgan fingerprint density at radius 3 is 2.05 bits per heavy atom. The van der Waals surface area contributed by atoms with E-state index in [1.165, 1.54) is 32.4 Å². The Balaban J connectivity index is 1.62. The molecule has 0 radical (unpaired) electrons. The summed E-state index contributed by atoms with van der Waals surface area (Å²) in [4.78, 5) is 28.7. The van der Waals surface area contributed by atoms with Crippen LogP contribution < -0.4 is 4.74 Å². The number of aliphatic imine (C=N–C) groups is 1. The van der Waals surface area contributed by atoms with Crippen LogP contribution in [0.4, 0.5) is 8.63 Å². The fraction of sp³-hybridized carbons (Fsp3) is 0.219. The molecule has 0 N–H and O–H groups in total. The Labute approximate surface area is 243 Å². The van der Waals surface area contributed by atoms with E-state index in [1.54, 1.807) is 25.1 Å². The summed E-state index contributed by atoms with van der Waals surface area (Å²) in [6.45, 7) is 7.25. The minimum atomic E-state index is -2.71. The first-order chi connectivity index (χ1) is 20.0. The standard InChI is InChI=1S/C32H29BF2N2O5/c1-19-14-21(3)36-29(19)28(30-20(2)15-22(4)37(30)33(34)35)24-11-9-23(10-12-24)8-7-13-42-27-17-25(31(38)40-5)16-26(18-27)32(39)41-6/h9-12,14-18H,13H2,1-6H3/b29-28-. The highest BCUT2D eigenvalue weighted by molar-refractivity contribution is 6.41. The van der Waals surface area contributed by atoms with Crippen molar-refractivity contribution in [2.45, 2.75) is 27.7 Å². The third kappa shape index (κ3) is 6.36. The Morgan fingerprint density at radius 2 is 1.52 bits per heavy atom. The summed E-state index contributed by atoms with van der Waals surface area (Å²) in [5.41, 5.74) is 6.30. The van der Waals surface area contributed by atoms with E-state index < -0.39 is 19.3 Å². The van der Waals surface area contributed by atoms with Crippen molar-refractivity contribution in [2.75, 3.05) is 20.8 Å². The molecule has 1 aliphatic rings. The molecular weight excluding hydrogens is 541 g/mol. The maximum Gasteiger partial charge on any atom is 0.677 e. The molecule has 0 spiro atoms. The van der Waals surface area contributed by atoms with Gasteiger partial charge in [-0.25, -0.2) is 9.59 Å². The molecule has 0 amide bonds. The number of esters is 2. The van der Waals surface area contributed by atoms with Gasteiger partial charge in [-0.2, -0.15) is 0 Å². The molecule has 1 aromatic heterocycles. The number of carbonyl (C=O) groups excluding carboxylic acids is 2. The number of methoxy groups -OCH3 is 2. The summed E-state index contributed by atoms with van der Waals surface area (Å²) in [7, 11) is -0.229. The number of rotatable bonds is 7. The number of benzene rings is 2. The average molecular weight is 570 g/mol. The number of carbonyl (C=O) groups is 2. The molecule has 0 fully saturated rings. The van der Waals surface area contributed by atoms with Crippen LogP contribution >= 0.6 is 0 Å². The van der Waals surface area contributed by atoms with Gasteiger partial charge in [-0.05, 0) is 86.9 Å². The second kappa shape index (κ2) is 12.7. The summed E-state index contributed by atoms with van der Waals surface area (Å²) in [5.74, 6) is 4.92. The first-order valence-electron chi connectivity index (χ1n) is 13.0. The SMILES string of the molecule is COC(=O)c1cc(OCC#Cc2ccc(/C(=C3/N=C(C)C=C3C)c3c(C)cc(C)n3B(F)F)cc2)cc(C(=O)OC)c1. The maximum absolute atomic E-state index is 14.2. The van der Waals surface area contributed by atoms with Gasteiger partial charge >= 0.3 is 19.3 Å². The smallest absolute Gasteiger partial charge is 0.481 e. The molecule has 2 heterocycles. The minimum absolute atomic E-state index is 0.0271. The summed E-state index contributed by atoms with van der Waals surface area (Å²) in [5, 5.41) is 0. The van der Waals surface area contributed by atoms with Crippen LogP contribution in [0.15, 0.2) is 70.9 Å². The van der Waals surface area contributed by atoms with Gasteiger partial charge in [0.2, 0.25) is 0 Å². The number of halogens is 2. The number of hydrogen-bond acceptors (Lipinski definition) is 6. The van der Waals surface area contributed by atoms with Gasteiger partial charge in [0.25, 0.3) is 0 Å². The Hall–Kier alpha value is -4.91. The lowest BCUT2D eigenvalue weighted by Gasteiger charge is -2.16. The van der Waals surface area contributed by atoms with E-state index in [2.05, 4.69) is 16.8 Å². The highest BCUT2D eigenvalue weighted by Gasteiger charge is 2.29. The molecule has 4 rings (SSSR count). The van der Waals surface area contributed by atoms with E-state index in [1.807, 2.05) is 39.0 Å². The maximum atomic E-state index is 14.2. The summed E-state index contributed by atoms with van der Waals surface area (Å²) in [6, 6.07) is 13.3. The largest absolute Gasteiger partial charge is 0.677 e. The van der Waals surface area contributed by atoms with Crippen molar-refractivity contribution in [2.24, 2.45) is 4.99 Å². The fourth-order valence-corrected chi connectivity index (χ4v) is 4.84. The van der Waals surface area contributed by atoms with E-state index in [0.717, 1.165) is 26.9 Å². The van der Waals surface area contributed by atoms with E-state index in [9.17, 15) is 18.2 Å². The molecule has 3 aromatic rings. The van der Waals surface area contributed by atoms with E-state index in [4.69, 9.17) is 14.2 Å². The van der Waals surface area contributed by atoms with E-state index in [0.29, 0.717) is 28.2 Å². The lowest BCUT2D eigenvalue weighted by Crippen LogP contribution is -2.18. The molecule has 10 heteroatoms. The van der Waals surface area contributed by atoms with Gasteiger partial charge in [0.1, 0.15) is 12.4 Å². The first kappa shape index (κ1) is 30.1. The third-order valence-electron chi connectivity index (χ3n) is 6.64. The predicted octanol–water partition coefficient (Wildman–Crippen LogP) is 6.06. The molecular formula is C32H29BF2N2O5. The monoisotopic (exact) mass is 570 g/mol. The lowest BCUT2D eigenvalue weighted by atomic mass is 9.94. The number of nitrogens with zero attached hydrogens (tertiary/aromatic N) is 2. The summed E-state index contributed by atoms with van der Waals surface area (Å²) >= 11 is 0. The zero-order valence-corrected chi connectivity index (χ0v) is 24.2. The normalized spacial score (nSPS) is 13.4. The Kier molecular flexibility index (Phi) is 9.11. The van der Waals surface area contributed by atoms with Crippen molar-refractivity contribution in [3.63, 3.8) is 0 Å². The van der Waals surface area contributed by atoms with Gasteiger partial charge in [-0.3, -0.25) is 13.6 Å². The molecule has 2 aromatic carbocycles. The second-order valence-electron chi connectivity index (χ2n) is 9.67. The molecule has 0 atom stereocenters. The number of aryl methyl sites for hydroxylation is 2. The van der Waals surface area contributed by atoms with Crippen LogP contribution in [0.5, 0.6) is 5.75 Å². The lowest BCUT2D eigenvalue weighted by molar-refractivity contribution is 0.0598. The van der Waals surface area contributed by atoms with Gasteiger partial charge in [-0.15, -0.1) is 0 Å². The first-order valence-corrected chi connectivity index (χ1v) is 13.0. The quantitative estimate of drug-likeness (QED) is 0.196. The topological polar surface area (TPSA) is 79.1 Å². The van der Waals surface area contributed by atoms with Crippen LogP contribution in [-0.2, 0) is 9.47 Å². The predicted molar refractivity (Wildman–Crippen MR) is 158 cm³/mol. The van der Waals surface area contributed by atoms with E-state index >= 15 is 0 Å². The van der Waals surface area contributed by atoms with Crippen molar-refractivity contribution in [1.82, 2.24) is 4.48 Å². The van der Waals surface area contributed by atoms with Gasteiger partial charge in [0.15, 0.2) is 0 Å². The molecule has 42 heavy (non-hydrogen) atoms. The van der Waals surface area contributed by atoms with E-state index in [-0.39, 0.29) is 23.5 Å². The molecule has 0 saturated carbocycles. The molecule has 214 valence electrons. The molecule has 1 aliphatic heterocycles. The third-order valence-corrected chi connectivity index (χ3v) is 6.64. The molecule has 0 unspecified atom stereocenters. The molecule has 0 aliphatic carbocycles. The minimum Gasteiger partial charge on any atom is -0.481 e. The number of ether oxygens (including phenoxy) is 3. The van der Waals surface area contributed by atoms with Crippen molar-refractivity contribution in [3.05, 3.63) is 105 Å². The van der Waals surface area contributed by atoms with Crippen molar-refractivity contribution in [1.29, 1.82) is 0 Å². The summed E-state index contributed by atoms with van der Waals surface area (Å²) < 4.78 is 44.5. The van der Waals surface area contributed by atoms with Gasteiger partial charge in [-0.1, -0.05) is 24.0 Å². The second-order valence-corrected chi connectivity index (χ2v) is 9.67. The Bertz CT molecular complexity index is 1670. The molecule has 0 bridgehead atoms. The van der Waals surface area contributed by atoms with Crippen molar-refractivity contribution < 1.29 is 32.4 Å². The van der Waals surface area contributed by atoms with Crippen LogP contribution in [0.25, 0.3) is 5.57 Å². The molecule has 0 saturated heterocycles. The highest BCUT2D eigenvalue weighted by atomic mass is 19.2. The van der Waals surface area contributed by atoms with Crippen LogP contribution in [-0.4, -0.2) is 50.4 Å². The average Bonchev–Trinajstić information content (AvgIpc) is 3.46. The summed E-state index contributed by atoms with van der Waals surface area (Å²) in [6.07, 6.45) is 1.93. The highest BCUT2D eigenvalue weighted by Crippen LogP contribution is 2.37. The zero-order chi connectivity index (χ0) is 30.6. The van der Waals surface area contributed by atoms with Gasteiger partial charge in [0, 0.05) is 28.2 Å². The zero-order valence-electron chi connectivity index (χ0n) is 24.2. The number of hydrogen-bond donors (Lipinski definition) is 0. The Morgan fingerprint density at radius 1 is 0.905 bits per heavy atom. The van der Waals surface area contributed by atoms with Gasteiger partial charge in [0.05, 0.1) is 31.0 Å². The van der Waals surface area contributed by atoms with Crippen molar-refractivity contribution in [3.8, 4) is 17.6 Å². The van der Waals surface area contributed by atoms with Crippen LogP contribution in [0.2, 0.25) is 0 Å². The van der Waals surface area contributed by atoms with Gasteiger partial charge < -0.3 is 18.7 Å². The van der Waals surface area contributed by atoms with Crippen LogP contribution in [0.1, 0.15) is 62.6 Å². The molecule has 7 nitrogen and oxygen atoms in total. The number of aromatic nitrogens is 1. The van der Waals surface area contributed by atoms with Crippen molar-refractivity contribution >= 4 is 30.6 Å². The fourth-order valence-electron chi connectivity index (χ4n) is 4.84.